The normalized spacial score (nSPS) is 15.1. The van der Waals surface area contributed by atoms with E-state index in [1.807, 2.05) is 19.9 Å². The third kappa shape index (κ3) is 6.81. The summed E-state index contributed by atoms with van der Waals surface area (Å²) in [7, 11) is 1.64. The van der Waals surface area contributed by atoms with Crippen LogP contribution in [0.4, 0.5) is 0 Å². The van der Waals surface area contributed by atoms with Gasteiger partial charge in [0, 0.05) is 42.1 Å². The number of ketones is 3. The molecule has 1 atom stereocenters. The highest BCUT2D eigenvalue weighted by Gasteiger charge is 2.31. The number of thioether (sulfide) groups is 1. The van der Waals surface area contributed by atoms with E-state index in [-0.39, 0.29) is 29.1 Å². The number of benzene rings is 3. The van der Waals surface area contributed by atoms with E-state index in [1.165, 1.54) is 24.2 Å². The number of hydrogen-bond acceptors (Lipinski definition) is 6. The fourth-order valence-corrected chi connectivity index (χ4v) is 6.28. The molecule has 1 aliphatic heterocycles. The van der Waals surface area contributed by atoms with Gasteiger partial charge in [-0.15, -0.1) is 11.8 Å². The SMILES string of the molecule is CCC(=O)CCN1CCc2cc(OC)c(SCC(=O)c3cccc(C(C)=O)c3)cc2C1c1ccc(C)cc1Cl. The van der Waals surface area contributed by atoms with Gasteiger partial charge < -0.3 is 4.74 Å². The number of fused-ring (bicyclic) bond motifs is 1. The first-order chi connectivity index (χ1) is 18.7. The first-order valence-electron chi connectivity index (χ1n) is 13.2. The summed E-state index contributed by atoms with van der Waals surface area (Å²) in [4.78, 5) is 40.2. The number of carbonyl (C=O) groups is 3. The molecule has 1 aliphatic rings. The van der Waals surface area contributed by atoms with E-state index in [4.69, 9.17) is 16.3 Å². The average molecular weight is 564 g/mol. The van der Waals surface area contributed by atoms with Crippen molar-refractivity contribution in [1.82, 2.24) is 4.90 Å². The first kappa shape index (κ1) is 29.1. The topological polar surface area (TPSA) is 63.7 Å². The van der Waals surface area contributed by atoms with Crippen LogP contribution in [0.1, 0.15) is 75.7 Å². The number of aryl methyl sites for hydroxylation is 1. The van der Waals surface area contributed by atoms with Crippen molar-refractivity contribution in [3.05, 3.63) is 93.0 Å². The Balaban J connectivity index is 1.68. The number of methoxy groups -OCH3 is 1. The molecule has 0 fully saturated rings. The highest BCUT2D eigenvalue weighted by molar-refractivity contribution is 8.00. The quantitative estimate of drug-likeness (QED) is 0.182. The van der Waals surface area contributed by atoms with Gasteiger partial charge in [0.1, 0.15) is 11.5 Å². The third-order valence-corrected chi connectivity index (χ3v) is 8.59. The fourth-order valence-electron chi connectivity index (χ4n) is 4.99. The smallest absolute Gasteiger partial charge is 0.173 e. The predicted molar refractivity (Wildman–Crippen MR) is 158 cm³/mol. The van der Waals surface area contributed by atoms with Crippen LogP contribution in [0.2, 0.25) is 5.02 Å². The summed E-state index contributed by atoms with van der Waals surface area (Å²) >= 11 is 8.22. The summed E-state index contributed by atoms with van der Waals surface area (Å²) in [6.45, 7) is 6.87. The van der Waals surface area contributed by atoms with Crippen LogP contribution in [0.5, 0.6) is 5.75 Å². The average Bonchev–Trinajstić information content (AvgIpc) is 2.94. The van der Waals surface area contributed by atoms with Gasteiger partial charge in [-0.05, 0) is 66.8 Å². The molecular formula is C32H34ClNO4S. The van der Waals surface area contributed by atoms with Gasteiger partial charge >= 0.3 is 0 Å². The molecule has 3 aromatic rings. The van der Waals surface area contributed by atoms with Crippen LogP contribution in [0.25, 0.3) is 0 Å². The van der Waals surface area contributed by atoms with Crippen molar-refractivity contribution in [2.75, 3.05) is 26.0 Å². The second-order valence-electron chi connectivity index (χ2n) is 9.91. The van der Waals surface area contributed by atoms with Gasteiger partial charge in [0.15, 0.2) is 11.6 Å². The largest absolute Gasteiger partial charge is 0.496 e. The van der Waals surface area contributed by atoms with E-state index in [1.54, 1.807) is 31.4 Å². The number of halogens is 1. The Morgan fingerprint density at radius 1 is 1.05 bits per heavy atom. The van der Waals surface area contributed by atoms with Crippen LogP contribution in [-0.2, 0) is 11.2 Å². The molecule has 4 rings (SSSR count). The Kier molecular flexibility index (Phi) is 9.65. The molecule has 39 heavy (non-hydrogen) atoms. The molecule has 0 N–H and O–H groups in total. The van der Waals surface area contributed by atoms with E-state index in [9.17, 15) is 14.4 Å². The van der Waals surface area contributed by atoms with Gasteiger partial charge in [0.05, 0.1) is 23.8 Å². The van der Waals surface area contributed by atoms with Crippen LogP contribution in [0, 0.1) is 6.92 Å². The molecular weight excluding hydrogens is 530 g/mol. The lowest BCUT2D eigenvalue weighted by Crippen LogP contribution is -2.37. The fraction of sp³-hybridized carbons (Fsp3) is 0.344. The van der Waals surface area contributed by atoms with Crippen molar-refractivity contribution in [2.24, 2.45) is 0 Å². The van der Waals surface area contributed by atoms with Gasteiger partial charge in [-0.3, -0.25) is 19.3 Å². The minimum Gasteiger partial charge on any atom is -0.496 e. The van der Waals surface area contributed by atoms with Crippen LogP contribution < -0.4 is 4.74 Å². The Labute approximate surface area is 239 Å². The maximum atomic E-state index is 13.0. The maximum Gasteiger partial charge on any atom is 0.173 e. The number of carbonyl (C=O) groups excluding carboxylic acids is 3. The lowest BCUT2D eigenvalue weighted by molar-refractivity contribution is -0.119. The van der Waals surface area contributed by atoms with Gasteiger partial charge in [-0.2, -0.15) is 0 Å². The zero-order valence-corrected chi connectivity index (χ0v) is 24.5. The summed E-state index contributed by atoms with van der Waals surface area (Å²) in [6.07, 6.45) is 1.85. The van der Waals surface area contributed by atoms with Gasteiger partial charge in [-0.1, -0.05) is 48.9 Å². The minimum absolute atomic E-state index is 0.0549. The Morgan fingerprint density at radius 3 is 2.51 bits per heavy atom. The van der Waals surface area contributed by atoms with Gasteiger partial charge in [0.2, 0.25) is 0 Å². The standard InChI is InChI=1S/C32H34ClNO4S/c1-5-25(36)12-14-34-13-11-23-17-30(38-4)31(18-27(23)32(34)26-10-9-20(2)15-28(26)33)39-19-29(37)24-8-6-7-22(16-24)21(3)35/h6-10,15-18,32H,5,11-14,19H2,1-4H3. The molecule has 204 valence electrons. The molecule has 0 aliphatic carbocycles. The van der Waals surface area contributed by atoms with Crippen LogP contribution in [-0.4, -0.2) is 48.2 Å². The second kappa shape index (κ2) is 12.9. The summed E-state index contributed by atoms with van der Waals surface area (Å²) in [5.41, 5.74) is 5.43. The minimum atomic E-state index is -0.111. The molecule has 0 bridgehead atoms. The summed E-state index contributed by atoms with van der Waals surface area (Å²) in [5.74, 6) is 1.06. The summed E-state index contributed by atoms with van der Waals surface area (Å²) < 4.78 is 5.74. The predicted octanol–water partition coefficient (Wildman–Crippen LogP) is 7.15. The molecule has 0 spiro atoms. The van der Waals surface area contributed by atoms with Crippen LogP contribution in [0.3, 0.4) is 0 Å². The van der Waals surface area contributed by atoms with Crippen molar-refractivity contribution in [1.29, 1.82) is 0 Å². The van der Waals surface area contributed by atoms with Crippen LogP contribution >= 0.6 is 23.4 Å². The molecule has 0 amide bonds. The number of rotatable bonds is 11. The maximum absolute atomic E-state index is 13.0. The van der Waals surface area contributed by atoms with E-state index < -0.39 is 0 Å². The molecule has 0 aromatic heterocycles. The number of ether oxygens (including phenoxy) is 1. The highest BCUT2D eigenvalue weighted by Crippen LogP contribution is 2.43. The zero-order valence-electron chi connectivity index (χ0n) is 22.9. The number of hydrogen-bond donors (Lipinski definition) is 0. The third-order valence-electron chi connectivity index (χ3n) is 7.23. The number of Topliss-reactive ketones (excluding diaryl/α,β-unsaturated/α-hetero) is 3. The Morgan fingerprint density at radius 2 is 1.82 bits per heavy atom. The second-order valence-corrected chi connectivity index (χ2v) is 11.3. The van der Waals surface area contributed by atoms with Crippen molar-refractivity contribution >= 4 is 40.7 Å². The van der Waals surface area contributed by atoms with Crippen molar-refractivity contribution in [3.63, 3.8) is 0 Å². The van der Waals surface area contributed by atoms with E-state index >= 15 is 0 Å². The van der Waals surface area contributed by atoms with Gasteiger partial charge in [0.25, 0.3) is 0 Å². The van der Waals surface area contributed by atoms with E-state index in [2.05, 4.69) is 29.2 Å². The molecule has 0 radical (unpaired) electrons. The van der Waals surface area contributed by atoms with Gasteiger partial charge in [-0.25, -0.2) is 0 Å². The molecule has 7 heteroatoms. The molecule has 3 aromatic carbocycles. The zero-order chi connectivity index (χ0) is 28.1. The van der Waals surface area contributed by atoms with Crippen molar-refractivity contribution in [3.8, 4) is 5.75 Å². The van der Waals surface area contributed by atoms with Crippen LogP contribution in [0.15, 0.2) is 59.5 Å². The summed E-state index contributed by atoms with van der Waals surface area (Å²) in [6, 6.07) is 17.1. The highest BCUT2D eigenvalue weighted by atomic mass is 35.5. The molecule has 5 nitrogen and oxygen atoms in total. The molecule has 0 saturated carbocycles. The van der Waals surface area contributed by atoms with E-state index in [0.29, 0.717) is 35.5 Å². The Hall–Kier alpha value is -2.93. The molecule has 1 heterocycles. The van der Waals surface area contributed by atoms with E-state index in [0.717, 1.165) is 40.3 Å². The van der Waals surface area contributed by atoms with Crippen molar-refractivity contribution in [2.45, 2.75) is 51.0 Å². The molecule has 1 unspecified atom stereocenters. The molecule has 0 saturated heterocycles. The first-order valence-corrected chi connectivity index (χ1v) is 14.6. The Bertz CT molecular complexity index is 1400. The summed E-state index contributed by atoms with van der Waals surface area (Å²) in [5, 5.41) is 0.699. The van der Waals surface area contributed by atoms with Crippen molar-refractivity contribution < 1.29 is 19.1 Å². The lowest BCUT2D eigenvalue weighted by Gasteiger charge is -2.38. The monoisotopic (exact) mass is 563 g/mol. The lowest BCUT2D eigenvalue weighted by atomic mass is 9.87. The number of nitrogens with zero attached hydrogens (tertiary/aromatic N) is 1.